The van der Waals surface area contributed by atoms with Gasteiger partial charge in [0.15, 0.2) is 0 Å². The van der Waals surface area contributed by atoms with E-state index in [1.165, 1.54) is 7.11 Å². The Morgan fingerprint density at radius 1 is 1.00 bits per heavy atom. The van der Waals surface area contributed by atoms with Crippen LogP contribution in [0.2, 0.25) is 5.02 Å². The van der Waals surface area contributed by atoms with Crippen LogP contribution in [0.3, 0.4) is 0 Å². The van der Waals surface area contributed by atoms with Gasteiger partial charge in [0.1, 0.15) is 17.2 Å². The van der Waals surface area contributed by atoms with Crippen molar-refractivity contribution in [1.29, 1.82) is 0 Å². The molecule has 4 N–H and O–H groups in total. The van der Waals surface area contributed by atoms with Gasteiger partial charge in [0.2, 0.25) is 5.91 Å². The van der Waals surface area contributed by atoms with Gasteiger partial charge < -0.3 is 25.8 Å². The summed E-state index contributed by atoms with van der Waals surface area (Å²) < 4.78 is 10.9. The number of nitrogens with two attached hydrogens (primary N) is 1. The third-order valence-electron chi connectivity index (χ3n) is 4.38. The molecule has 0 fully saturated rings. The summed E-state index contributed by atoms with van der Waals surface area (Å²) in [7, 11) is 1.51. The molecule has 7 nitrogen and oxygen atoms in total. The first kappa shape index (κ1) is 22.0. The van der Waals surface area contributed by atoms with Crippen LogP contribution in [0, 0.1) is 0 Å². The second kappa shape index (κ2) is 10.4. The summed E-state index contributed by atoms with van der Waals surface area (Å²) in [6.07, 6.45) is -0.0403. The molecule has 0 aliphatic carbocycles. The zero-order valence-corrected chi connectivity index (χ0v) is 17.6. The molecule has 1 atom stereocenters. The first-order valence-corrected chi connectivity index (χ1v) is 9.84. The third kappa shape index (κ3) is 6.38. The topological polar surface area (TPSA) is 103 Å². The lowest BCUT2D eigenvalue weighted by atomic mass is 10.0. The summed E-state index contributed by atoms with van der Waals surface area (Å²) in [6, 6.07) is 19.9. The van der Waals surface area contributed by atoms with E-state index in [4.69, 9.17) is 26.8 Å². The molecule has 0 saturated heterocycles. The maximum atomic E-state index is 12.6. The first-order valence-electron chi connectivity index (χ1n) is 9.47. The number of para-hydroxylation sites is 1. The van der Waals surface area contributed by atoms with E-state index in [2.05, 4.69) is 10.6 Å². The fourth-order valence-corrected chi connectivity index (χ4v) is 3.24. The Labute approximate surface area is 185 Å². The van der Waals surface area contributed by atoms with Crippen molar-refractivity contribution in [2.24, 2.45) is 5.73 Å². The van der Waals surface area contributed by atoms with E-state index < -0.39 is 12.1 Å². The molecular weight excluding hydrogens is 418 g/mol. The van der Waals surface area contributed by atoms with Crippen LogP contribution in [0.5, 0.6) is 17.2 Å². The monoisotopic (exact) mass is 439 g/mol. The van der Waals surface area contributed by atoms with Crippen molar-refractivity contribution in [1.82, 2.24) is 5.32 Å². The van der Waals surface area contributed by atoms with Crippen LogP contribution in [0.25, 0.3) is 0 Å². The van der Waals surface area contributed by atoms with E-state index in [1.807, 2.05) is 30.3 Å². The van der Waals surface area contributed by atoms with Crippen molar-refractivity contribution >= 4 is 29.2 Å². The summed E-state index contributed by atoms with van der Waals surface area (Å²) in [6.45, 7) is 0. The van der Waals surface area contributed by atoms with Gasteiger partial charge in [-0.1, -0.05) is 41.9 Å². The molecule has 8 heteroatoms. The summed E-state index contributed by atoms with van der Waals surface area (Å²) in [5.41, 5.74) is 6.51. The van der Waals surface area contributed by atoms with Gasteiger partial charge in [-0.2, -0.15) is 0 Å². The molecule has 3 aromatic rings. The molecule has 31 heavy (non-hydrogen) atoms. The lowest BCUT2D eigenvalue weighted by molar-refractivity contribution is -0.116. The number of amides is 3. The van der Waals surface area contributed by atoms with Gasteiger partial charge in [-0.25, -0.2) is 4.79 Å². The number of ether oxygens (including phenoxy) is 2. The van der Waals surface area contributed by atoms with Crippen LogP contribution in [-0.4, -0.2) is 19.0 Å². The lowest BCUT2D eigenvalue weighted by Gasteiger charge is -2.19. The van der Waals surface area contributed by atoms with Crippen LogP contribution in [0.4, 0.5) is 10.5 Å². The summed E-state index contributed by atoms with van der Waals surface area (Å²) >= 11 is 6.10. The SMILES string of the molecule is COc1ccc(NC(=O)C[C@H](NC(N)=O)c2cccc(Oc3ccccc3)c2)cc1Cl. The zero-order valence-electron chi connectivity index (χ0n) is 16.8. The Kier molecular flexibility index (Phi) is 7.35. The Morgan fingerprint density at radius 3 is 2.42 bits per heavy atom. The number of urea groups is 1. The van der Waals surface area contributed by atoms with E-state index >= 15 is 0 Å². The molecule has 0 bridgehead atoms. The van der Waals surface area contributed by atoms with Crippen LogP contribution >= 0.6 is 11.6 Å². The second-order valence-electron chi connectivity index (χ2n) is 6.65. The quantitative estimate of drug-likeness (QED) is 0.465. The lowest BCUT2D eigenvalue weighted by Crippen LogP contribution is -2.35. The van der Waals surface area contributed by atoms with Gasteiger partial charge in [0.05, 0.1) is 24.6 Å². The Hall–Kier alpha value is -3.71. The molecule has 3 aromatic carbocycles. The highest BCUT2D eigenvalue weighted by Gasteiger charge is 2.19. The molecule has 160 valence electrons. The highest BCUT2D eigenvalue weighted by Crippen LogP contribution is 2.29. The number of anilines is 1. The number of rotatable bonds is 8. The number of carbonyl (C=O) groups is 2. The molecule has 3 rings (SSSR count). The number of carbonyl (C=O) groups excluding carboxylic acids is 2. The van der Waals surface area contributed by atoms with Crippen molar-refractivity contribution in [3.63, 3.8) is 0 Å². The molecule has 0 unspecified atom stereocenters. The minimum atomic E-state index is -0.736. The molecule has 0 saturated carbocycles. The molecule has 0 radical (unpaired) electrons. The summed E-state index contributed by atoms with van der Waals surface area (Å²) in [5, 5.41) is 5.74. The number of methoxy groups -OCH3 is 1. The molecule has 0 aliphatic heterocycles. The van der Waals surface area contributed by atoms with E-state index in [1.54, 1.807) is 42.5 Å². The minimum absolute atomic E-state index is 0.0403. The van der Waals surface area contributed by atoms with Crippen molar-refractivity contribution in [2.75, 3.05) is 12.4 Å². The number of primary amides is 1. The predicted octanol–water partition coefficient (Wildman–Crippen LogP) is 4.88. The fraction of sp³-hybridized carbons (Fsp3) is 0.130. The highest BCUT2D eigenvalue weighted by molar-refractivity contribution is 6.32. The van der Waals surface area contributed by atoms with Crippen LogP contribution in [-0.2, 0) is 4.79 Å². The molecule has 0 heterocycles. The number of halogens is 1. The minimum Gasteiger partial charge on any atom is -0.495 e. The van der Waals surface area contributed by atoms with Crippen molar-refractivity contribution < 1.29 is 19.1 Å². The van der Waals surface area contributed by atoms with E-state index in [-0.39, 0.29) is 12.3 Å². The Morgan fingerprint density at radius 2 is 1.74 bits per heavy atom. The fourth-order valence-electron chi connectivity index (χ4n) is 2.98. The molecule has 0 spiro atoms. The second-order valence-corrected chi connectivity index (χ2v) is 7.06. The van der Waals surface area contributed by atoms with E-state index in [9.17, 15) is 9.59 Å². The average Bonchev–Trinajstić information content (AvgIpc) is 2.74. The van der Waals surface area contributed by atoms with Gasteiger partial charge in [-0.05, 0) is 48.0 Å². The molecule has 0 aliphatic rings. The smallest absolute Gasteiger partial charge is 0.312 e. The highest BCUT2D eigenvalue weighted by atomic mass is 35.5. The number of hydrogen-bond donors (Lipinski definition) is 3. The Bertz CT molecular complexity index is 1060. The maximum absolute atomic E-state index is 12.6. The predicted molar refractivity (Wildman–Crippen MR) is 120 cm³/mol. The van der Waals surface area contributed by atoms with E-state index in [0.717, 1.165) is 0 Å². The van der Waals surface area contributed by atoms with Crippen molar-refractivity contribution in [2.45, 2.75) is 12.5 Å². The van der Waals surface area contributed by atoms with Gasteiger partial charge >= 0.3 is 6.03 Å². The molecule has 3 amide bonds. The molecule has 0 aromatic heterocycles. The summed E-state index contributed by atoms with van der Waals surface area (Å²) in [5.74, 6) is 1.42. The summed E-state index contributed by atoms with van der Waals surface area (Å²) in [4.78, 5) is 24.1. The number of hydrogen-bond acceptors (Lipinski definition) is 4. The average molecular weight is 440 g/mol. The van der Waals surface area contributed by atoms with Gasteiger partial charge in [0.25, 0.3) is 0 Å². The first-order chi connectivity index (χ1) is 14.9. The van der Waals surface area contributed by atoms with Crippen LogP contribution < -0.4 is 25.8 Å². The van der Waals surface area contributed by atoms with Crippen LogP contribution in [0.15, 0.2) is 72.8 Å². The third-order valence-corrected chi connectivity index (χ3v) is 4.68. The normalized spacial score (nSPS) is 11.3. The number of benzene rings is 3. The maximum Gasteiger partial charge on any atom is 0.312 e. The van der Waals surface area contributed by atoms with Gasteiger partial charge in [0, 0.05) is 5.69 Å². The van der Waals surface area contributed by atoms with Gasteiger partial charge in [-0.3, -0.25) is 4.79 Å². The largest absolute Gasteiger partial charge is 0.495 e. The standard InChI is InChI=1S/C23H22ClN3O4/c1-30-21-11-10-16(13-19(21)24)26-22(28)14-20(27-23(25)29)15-6-5-9-18(12-15)31-17-7-3-2-4-8-17/h2-13,20H,14H2,1H3,(H,26,28)(H3,25,27,29)/t20-/m0/s1. The van der Waals surface area contributed by atoms with E-state index in [0.29, 0.717) is 33.5 Å². The van der Waals surface area contributed by atoms with Crippen LogP contribution in [0.1, 0.15) is 18.0 Å². The zero-order chi connectivity index (χ0) is 22.2. The van der Waals surface area contributed by atoms with Crippen molar-refractivity contribution in [3.05, 3.63) is 83.4 Å². The molecular formula is C23H22ClN3O4. The number of nitrogens with one attached hydrogen (secondary N) is 2. The van der Waals surface area contributed by atoms with Gasteiger partial charge in [-0.15, -0.1) is 0 Å². The van der Waals surface area contributed by atoms with Crippen molar-refractivity contribution in [3.8, 4) is 17.2 Å². The Balaban J connectivity index is 1.74.